The van der Waals surface area contributed by atoms with E-state index in [0.29, 0.717) is 36.7 Å². The number of nitrogens with one attached hydrogen (secondary N) is 1. The molecule has 2 atom stereocenters. The van der Waals surface area contributed by atoms with Crippen LogP contribution < -0.4 is 10.1 Å². The fourth-order valence-electron chi connectivity index (χ4n) is 4.68. The molecule has 31 heavy (non-hydrogen) atoms. The Balaban J connectivity index is 1.42. The van der Waals surface area contributed by atoms with Crippen molar-refractivity contribution in [2.45, 2.75) is 50.5 Å². The Bertz CT molecular complexity index is 1000. The van der Waals surface area contributed by atoms with Gasteiger partial charge in [0.15, 0.2) is 9.84 Å². The number of likely N-dealkylation sites (N-methyl/N-ethyl adjacent to an activating group) is 1. The summed E-state index contributed by atoms with van der Waals surface area (Å²) in [6.45, 7) is 0.428. The summed E-state index contributed by atoms with van der Waals surface area (Å²) in [6, 6.07) is 14.8. The van der Waals surface area contributed by atoms with Gasteiger partial charge in [0, 0.05) is 17.0 Å². The van der Waals surface area contributed by atoms with Gasteiger partial charge in [0.2, 0.25) is 0 Å². The van der Waals surface area contributed by atoms with E-state index in [1.54, 1.807) is 0 Å². The summed E-state index contributed by atoms with van der Waals surface area (Å²) in [5, 5.41) is 4.27. The van der Waals surface area contributed by atoms with Crippen LogP contribution in [0.1, 0.15) is 48.3 Å². The summed E-state index contributed by atoms with van der Waals surface area (Å²) >= 11 is 6.21. The third-order valence-electron chi connectivity index (χ3n) is 6.50. The topological polar surface area (TPSA) is 55.4 Å². The average Bonchev–Trinajstić information content (AvgIpc) is 3.55. The lowest BCUT2D eigenvalue weighted by Gasteiger charge is -2.34. The molecule has 2 aromatic carbocycles. The third-order valence-corrected chi connectivity index (χ3v) is 8.62. The number of ether oxygens (including phenoxy) is 1. The largest absolute Gasteiger partial charge is 0.494 e. The highest BCUT2D eigenvalue weighted by Crippen LogP contribution is 2.37. The van der Waals surface area contributed by atoms with Crippen LogP contribution >= 0.6 is 11.6 Å². The smallest absolute Gasteiger partial charge is 0.150 e. The molecule has 0 radical (unpaired) electrons. The Morgan fingerprint density at radius 1 is 1.13 bits per heavy atom. The zero-order valence-electron chi connectivity index (χ0n) is 18.1. The van der Waals surface area contributed by atoms with Crippen LogP contribution in [0.4, 0.5) is 0 Å². The van der Waals surface area contributed by atoms with Crippen LogP contribution in [-0.2, 0) is 22.7 Å². The number of halogens is 1. The second-order valence-corrected chi connectivity index (χ2v) is 11.7. The minimum Gasteiger partial charge on any atom is -0.494 e. The molecule has 6 heteroatoms. The van der Waals surface area contributed by atoms with Gasteiger partial charge >= 0.3 is 0 Å². The van der Waals surface area contributed by atoms with Gasteiger partial charge in [-0.15, -0.1) is 0 Å². The van der Waals surface area contributed by atoms with E-state index in [1.807, 2.05) is 31.3 Å². The van der Waals surface area contributed by atoms with Crippen LogP contribution in [0.2, 0.25) is 5.02 Å². The van der Waals surface area contributed by atoms with Gasteiger partial charge in [0.1, 0.15) is 5.75 Å². The van der Waals surface area contributed by atoms with E-state index in [9.17, 15) is 8.42 Å². The van der Waals surface area contributed by atoms with E-state index in [2.05, 4.69) is 23.5 Å². The maximum absolute atomic E-state index is 12.1. The van der Waals surface area contributed by atoms with Crippen molar-refractivity contribution >= 4 is 21.4 Å². The number of hydrogen-bond acceptors (Lipinski definition) is 4. The Morgan fingerprint density at radius 2 is 1.97 bits per heavy atom. The Morgan fingerprint density at radius 3 is 2.71 bits per heavy atom. The zero-order valence-corrected chi connectivity index (χ0v) is 19.7. The summed E-state index contributed by atoms with van der Waals surface area (Å²) in [6.07, 6.45) is 5.74. The minimum atomic E-state index is -2.94. The van der Waals surface area contributed by atoms with E-state index in [-0.39, 0.29) is 5.75 Å². The first-order valence-corrected chi connectivity index (χ1v) is 13.5. The monoisotopic (exact) mass is 461 g/mol. The molecule has 0 amide bonds. The van der Waals surface area contributed by atoms with Gasteiger partial charge in [0.25, 0.3) is 0 Å². The predicted octanol–water partition coefficient (Wildman–Crippen LogP) is 4.79. The second kappa shape index (κ2) is 9.93. The summed E-state index contributed by atoms with van der Waals surface area (Å²) < 4.78 is 30.2. The van der Waals surface area contributed by atoms with Crippen molar-refractivity contribution in [2.24, 2.45) is 5.92 Å². The molecule has 168 valence electrons. The second-order valence-electron chi connectivity index (χ2n) is 8.99. The first-order chi connectivity index (χ1) is 14.9. The standard InChI is InChI=1S/C25H32ClNO3S/c1-27-25-11-9-20-8-10-22(30-12-3-13-31(28,29)17-18-6-7-18)16-23(20)24(25)15-19-4-2-5-21(26)14-19/h2,4-5,8,10,14,16,18,24-25,27H,3,6-7,9,11-13,15,17H2,1H3. The lowest BCUT2D eigenvalue weighted by molar-refractivity contribution is 0.315. The third kappa shape index (κ3) is 6.24. The summed E-state index contributed by atoms with van der Waals surface area (Å²) in [5.41, 5.74) is 3.93. The first kappa shape index (κ1) is 22.6. The lowest BCUT2D eigenvalue weighted by atomic mass is 9.76. The van der Waals surface area contributed by atoms with Crippen molar-refractivity contribution in [1.29, 1.82) is 0 Å². The first-order valence-electron chi connectivity index (χ1n) is 11.3. The van der Waals surface area contributed by atoms with Crippen LogP contribution in [0, 0.1) is 5.92 Å². The van der Waals surface area contributed by atoms with Gasteiger partial charge < -0.3 is 10.1 Å². The zero-order chi connectivity index (χ0) is 21.8. The molecule has 2 aromatic rings. The Kier molecular flexibility index (Phi) is 7.25. The summed E-state index contributed by atoms with van der Waals surface area (Å²) in [4.78, 5) is 0. The average molecular weight is 462 g/mol. The van der Waals surface area contributed by atoms with Crippen molar-refractivity contribution in [3.05, 3.63) is 64.2 Å². The molecule has 1 saturated carbocycles. The SMILES string of the molecule is CNC1CCc2ccc(OCCCS(=O)(=O)CC3CC3)cc2C1Cc1cccc(Cl)c1. The molecule has 0 bridgehead atoms. The van der Waals surface area contributed by atoms with E-state index < -0.39 is 9.84 Å². The lowest BCUT2D eigenvalue weighted by Crippen LogP contribution is -2.37. The van der Waals surface area contributed by atoms with Crippen LogP contribution in [0.15, 0.2) is 42.5 Å². The van der Waals surface area contributed by atoms with Gasteiger partial charge in [-0.25, -0.2) is 8.42 Å². The van der Waals surface area contributed by atoms with Gasteiger partial charge in [-0.2, -0.15) is 0 Å². The molecule has 1 fully saturated rings. The number of fused-ring (bicyclic) bond motifs is 1. The van der Waals surface area contributed by atoms with Crippen LogP contribution in [0.25, 0.3) is 0 Å². The normalized spacial score (nSPS) is 21.0. The molecule has 2 unspecified atom stereocenters. The highest BCUT2D eigenvalue weighted by atomic mass is 35.5. The number of sulfone groups is 1. The van der Waals surface area contributed by atoms with Crippen molar-refractivity contribution in [3.63, 3.8) is 0 Å². The number of benzene rings is 2. The molecule has 0 spiro atoms. The molecule has 4 nitrogen and oxygen atoms in total. The van der Waals surface area contributed by atoms with E-state index in [1.165, 1.54) is 16.7 Å². The van der Waals surface area contributed by atoms with E-state index >= 15 is 0 Å². The predicted molar refractivity (Wildman–Crippen MR) is 127 cm³/mol. The molecule has 1 N–H and O–H groups in total. The summed E-state index contributed by atoms with van der Waals surface area (Å²) in [5.74, 6) is 2.14. The van der Waals surface area contributed by atoms with Gasteiger partial charge in [0.05, 0.1) is 18.1 Å². The molecular weight excluding hydrogens is 430 g/mol. The fraction of sp³-hybridized carbons (Fsp3) is 0.520. The van der Waals surface area contributed by atoms with Crippen LogP contribution in [-0.4, -0.2) is 39.6 Å². The maximum Gasteiger partial charge on any atom is 0.150 e. The quantitative estimate of drug-likeness (QED) is 0.516. The Labute approximate surface area is 191 Å². The van der Waals surface area contributed by atoms with Crippen molar-refractivity contribution in [2.75, 3.05) is 25.2 Å². The number of rotatable bonds is 10. The molecule has 4 rings (SSSR count). The van der Waals surface area contributed by atoms with Gasteiger partial charge in [-0.05, 0) is 92.4 Å². The van der Waals surface area contributed by atoms with E-state index in [0.717, 1.165) is 42.9 Å². The van der Waals surface area contributed by atoms with E-state index in [4.69, 9.17) is 16.3 Å². The molecule has 0 saturated heterocycles. The highest BCUT2D eigenvalue weighted by Gasteiger charge is 2.29. The molecule has 2 aliphatic rings. The van der Waals surface area contributed by atoms with Gasteiger partial charge in [-0.3, -0.25) is 0 Å². The molecule has 0 aliphatic heterocycles. The van der Waals surface area contributed by atoms with Crippen molar-refractivity contribution in [3.8, 4) is 5.75 Å². The molecule has 0 heterocycles. The van der Waals surface area contributed by atoms with Gasteiger partial charge in [-0.1, -0.05) is 29.8 Å². The fourth-order valence-corrected chi connectivity index (χ4v) is 6.66. The van der Waals surface area contributed by atoms with Crippen molar-refractivity contribution in [1.82, 2.24) is 5.32 Å². The molecule has 0 aromatic heterocycles. The Hall–Kier alpha value is -1.56. The van der Waals surface area contributed by atoms with Crippen LogP contribution in [0.5, 0.6) is 5.75 Å². The highest BCUT2D eigenvalue weighted by molar-refractivity contribution is 7.91. The summed E-state index contributed by atoms with van der Waals surface area (Å²) in [7, 11) is -0.913. The molecular formula is C25H32ClNO3S. The van der Waals surface area contributed by atoms with Crippen LogP contribution in [0.3, 0.4) is 0 Å². The maximum atomic E-state index is 12.1. The number of aryl methyl sites for hydroxylation is 1. The molecule has 2 aliphatic carbocycles. The number of hydrogen-bond donors (Lipinski definition) is 1. The minimum absolute atomic E-state index is 0.216. The van der Waals surface area contributed by atoms with Crippen molar-refractivity contribution < 1.29 is 13.2 Å².